The molecule has 0 radical (unpaired) electrons. The Morgan fingerprint density at radius 1 is 1.38 bits per heavy atom. The van der Waals surface area contributed by atoms with Crippen molar-refractivity contribution < 1.29 is 23.8 Å². The first kappa shape index (κ1) is 21.0. The van der Waals surface area contributed by atoms with E-state index in [4.69, 9.17) is 14.2 Å². The third-order valence-electron chi connectivity index (χ3n) is 7.06. The highest BCUT2D eigenvalue weighted by atomic mass is 16.6. The van der Waals surface area contributed by atoms with E-state index in [1.54, 1.807) is 26.3 Å². The number of nitrogens with zero attached hydrogens (tertiary/aromatic N) is 3. The molecule has 1 aliphatic heterocycles. The second-order valence-electron chi connectivity index (χ2n) is 9.06. The molecule has 3 saturated carbocycles. The Kier molecular flexibility index (Phi) is 5.17. The van der Waals surface area contributed by atoms with Crippen molar-refractivity contribution in [2.75, 3.05) is 19.0 Å². The minimum atomic E-state index is -0.370. The van der Waals surface area contributed by atoms with Crippen LogP contribution in [0, 0.1) is 11.8 Å². The van der Waals surface area contributed by atoms with Crippen LogP contribution < -0.4 is 10.6 Å². The number of carbonyl (C=O) groups excluding carboxylic acids is 2. The lowest BCUT2D eigenvalue weighted by Crippen LogP contribution is -2.74. The van der Waals surface area contributed by atoms with Crippen molar-refractivity contribution in [2.24, 2.45) is 18.9 Å². The molecular formula is C21H28N6O5. The number of anilines is 1. The highest BCUT2D eigenvalue weighted by molar-refractivity contribution is 6.02. The molecule has 2 bridgehead atoms. The zero-order valence-corrected chi connectivity index (χ0v) is 18.4. The number of carbonyl (C=O) groups is 2. The maximum atomic E-state index is 12.6. The molecule has 11 heteroatoms. The van der Waals surface area contributed by atoms with E-state index in [9.17, 15) is 9.59 Å². The number of methoxy groups -OCH3 is 1. The molecule has 2 aromatic heterocycles. The molecule has 2 amide bonds. The molecule has 2 aromatic rings. The van der Waals surface area contributed by atoms with Crippen LogP contribution >= 0.6 is 0 Å². The molecule has 0 aromatic carbocycles. The minimum absolute atomic E-state index is 0.0463. The van der Waals surface area contributed by atoms with Crippen LogP contribution in [0.4, 0.5) is 10.6 Å². The zero-order valence-electron chi connectivity index (χ0n) is 18.4. The van der Waals surface area contributed by atoms with Crippen LogP contribution in [-0.4, -0.2) is 57.3 Å². The maximum Gasteiger partial charge on any atom is 0.407 e. The van der Waals surface area contributed by atoms with Gasteiger partial charge in [-0.2, -0.15) is 10.2 Å². The van der Waals surface area contributed by atoms with Crippen LogP contribution in [0.2, 0.25) is 0 Å². The van der Waals surface area contributed by atoms with Gasteiger partial charge in [0.1, 0.15) is 17.9 Å². The van der Waals surface area contributed by atoms with Crippen LogP contribution in [0.15, 0.2) is 12.1 Å². The van der Waals surface area contributed by atoms with Gasteiger partial charge < -0.3 is 24.8 Å². The van der Waals surface area contributed by atoms with Crippen LogP contribution in [-0.2, 0) is 27.9 Å². The van der Waals surface area contributed by atoms with Crippen molar-refractivity contribution in [2.45, 2.75) is 50.5 Å². The van der Waals surface area contributed by atoms with Crippen LogP contribution in [0.1, 0.15) is 54.2 Å². The Morgan fingerprint density at radius 2 is 2.19 bits per heavy atom. The number of aryl methyl sites for hydroxylation is 1. The molecule has 3 heterocycles. The predicted octanol–water partition coefficient (Wildman–Crippen LogP) is 1.90. The average Bonchev–Trinajstić information content (AvgIpc) is 3.45. The van der Waals surface area contributed by atoms with E-state index in [1.165, 1.54) is 4.68 Å². The quantitative estimate of drug-likeness (QED) is 0.594. The molecule has 4 aliphatic rings. The largest absolute Gasteiger partial charge is 0.444 e. The molecule has 172 valence electrons. The molecule has 0 spiro atoms. The Hall–Kier alpha value is -2.92. The van der Waals surface area contributed by atoms with Gasteiger partial charge in [-0.15, -0.1) is 0 Å². The van der Waals surface area contributed by atoms with Gasteiger partial charge in [-0.05, 0) is 30.7 Å². The van der Waals surface area contributed by atoms with Gasteiger partial charge in [-0.3, -0.25) is 14.6 Å². The second kappa shape index (κ2) is 7.89. The lowest BCUT2D eigenvalue weighted by atomic mass is 9.43. The Balaban J connectivity index is 1.13. The summed E-state index contributed by atoms with van der Waals surface area (Å²) < 4.78 is 17.9. The van der Waals surface area contributed by atoms with E-state index in [0.717, 1.165) is 18.8 Å². The fourth-order valence-electron chi connectivity index (χ4n) is 4.93. The summed E-state index contributed by atoms with van der Waals surface area (Å²) in [5.74, 6) is 1.35. The number of aromatic amines is 1. The summed E-state index contributed by atoms with van der Waals surface area (Å²) in [5, 5.41) is 17.1. The highest BCUT2D eigenvalue weighted by Gasteiger charge is 2.64. The molecule has 4 fully saturated rings. The number of hydrogen-bond donors (Lipinski definition) is 3. The maximum absolute atomic E-state index is 12.6. The standard InChI is InChI=1S/C21H28N6O5/c1-11-12-7-21(11,8-12)23-20(29)32-14-5-17(31-10-14)15-6-18(25-24-15)22-19(28)16-4-13(9-30-3)26-27(16)2/h4,6,11-12,14,17H,5,7-10H2,1-3H3,(H,23,29)(H2,22,24,25,28)/t11-,12?,14+,17+,21?/m0/s1. The first-order chi connectivity index (χ1) is 15.4. The van der Waals surface area contributed by atoms with E-state index in [0.29, 0.717) is 48.5 Å². The number of rotatable bonds is 7. The third-order valence-corrected chi connectivity index (χ3v) is 7.06. The van der Waals surface area contributed by atoms with Gasteiger partial charge in [-0.25, -0.2) is 4.79 Å². The summed E-state index contributed by atoms with van der Waals surface area (Å²) in [6.07, 6.45) is 1.66. The van der Waals surface area contributed by atoms with Gasteiger partial charge in [0.05, 0.1) is 24.6 Å². The van der Waals surface area contributed by atoms with Crippen molar-refractivity contribution >= 4 is 17.8 Å². The van der Waals surface area contributed by atoms with Crippen molar-refractivity contribution in [3.8, 4) is 0 Å². The molecule has 0 unspecified atom stereocenters. The number of nitrogens with one attached hydrogen (secondary N) is 3. The lowest BCUT2D eigenvalue weighted by molar-refractivity contribution is -0.122. The normalized spacial score (nSPS) is 30.3. The minimum Gasteiger partial charge on any atom is -0.444 e. The second-order valence-corrected chi connectivity index (χ2v) is 9.06. The zero-order chi connectivity index (χ0) is 22.5. The fraction of sp³-hybridized carbons (Fsp3) is 0.619. The number of amides is 2. The van der Waals surface area contributed by atoms with E-state index >= 15 is 0 Å². The van der Waals surface area contributed by atoms with Crippen LogP contribution in [0.5, 0.6) is 0 Å². The molecule has 11 nitrogen and oxygen atoms in total. The number of hydrogen-bond acceptors (Lipinski definition) is 7. The van der Waals surface area contributed by atoms with Gasteiger partial charge in [0.15, 0.2) is 5.82 Å². The van der Waals surface area contributed by atoms with Gasteiger partial charge in [0.25, 0.3) is 5.91 Å². The monoisotopic (exact) mass is 444 g/mol. The van der Waals surface area contributed by atoms with Crippen molar-refractivity contribution in [3.63, 3.8) is 0 Å². The summed E-state index contributed by atoms with van der Waals surface area (Å²) >= 11 is 0. The highest BCUT2D eigenvalue weighted by Crippen LogP contribution is 2.61. The SMILES string of the molecule is COCc1cc(C(=O)Nc2cc([C@H]3C[C@@H](OC(=O)NC45CC(C4)[C@@H]5C)CO3)[nH]n2)n(C)n1. The van der Waals surface area contributed by atoms with Crippen LogP contribution in [0.3, 0.4) is 0 Å². The van der Waals surface area contributed by atoms with E-state index in [1.807, 2.05) is 0 Å². The molecule has 6 rings (SSSR count). The molecule has 3 atom stereocenters. The summed E-state index contributed by atoms with van der Waals surface area (Å²) in [4.78, 5) is 24.8. The number of alkyl carbamates (subject to hydrolysis) is 1. The summed E-state index contributed by atoms with van der Waals surface area (Å²) in [5.41, 5.74) is 1.73. The van der Waals surface area contributed by atoms with Crippen molar-refractivity contribution in [1.82, 2.24) is 25.3 Å². The van der Waals surface area contributed by atoms with Gasteiger partial charge >= 0.3 is 6.09 Å². The van der Waals surface area contributed by atoms with Gasteiger partial charge in [0.2, 0.25) is 0 Å². The Labute approximate surface area is 185 Å². The smallest absolute Gasteiger partial charge is 0.407 e. The summed E-state index contributed by atoms with van der Waals surface area (Å²) in [6.45, 7) is 2.82. The van der Waals surface area contributed by atoms with Gasteiger partial charge in [-0.1, -0.05) is 6.92 Å². The Morgan fingerprint density at radius 3 is 2.88 bits per heavy atom. The van der Waals surface area contributed by atoms with Crippen LogP contribution in [0.25, 0.3) is 0 Å². The molecule has 1 saturated heterocycles. The summed E-state index contributed by atoms with van der Waals surface area (Å²) in [7, 11) is 3.27. The molecule has 32 heavy (non-hydrogen) atoms. The van der Waals surface area contributed by atoms with Gasteiger partial charge in [0, 0.05) is 32.2 Å². The van der Waals surface area contributed by atoms with Crippen molar-refractivity contribution in [3.05, 3.63) is 29.2 Å². The van der Waals surface area contributed by atoms with E-state index in [2.05, 4.69) is 32.9 Å². The van der Waals surface area contributed by atoms with E-state index in [-0.39, 0.29) is 29.7 Å². The predicted molar refractivity (Wildman–Crippen MR) is 112 cm³/mol. The van der Waals surface area contributed by atoms with Crippen molar-refractivity contribution in [1.29, 1.82) is 0 Å². The summed E-state index contributed by atoms with van der Waals surface area (Å²) in [6, 6.07) is 3.40. The Bertz CT molecular complexity index is 1030. The molecule has 3 aliphatic carbocycles. The average molecular weight is 444 g/mol. The third kappa shape index (κ3) is 3.65. The molecular weight excluding hydrogens is 416 g/mol. The molecule has 3 N–H and O–H groups in total. The topological polar surface area (TPSA) is 132 Å². The first-order valence-corrected chi connectivity index (χ1v) is 10.9. The van der Waals surface area contributed by atoms with E-state index < -0.39 is 0 Å². The number of aromatic nitrogens is 4. The lowest BCUT2D eigenvalue weighted by Gasteiger charge is -2.67. The fourth-order valence-corrected chi connectivity index (χ4v) is 4.93. The number of ether oxygens (including phenoxy) is 3. The number of H-pyrrole nitrogens is 1. The first-order valence-electron chi connectivity index (χ1n) is 10.9.